The van der Waals surface area contributed by atoms with Crippen molar-refractivity contribution in [3.8, 4) is 5.75 Å². The molecule has 0 bridgehead atoms. The monoisotopic (exact) mass is 322 g/mol. The Kier molecular flexibility index (Phi) is 5.42. The van der Waals surface area contributed by atoms with Crippen LogP contribution < -0.4 is 4.74 Å². The predicted octanol–water partition coefficient (Wildman–Crippen LogP) is 3.03. The van der Waals surface area contributed by atoms with Gasteiger partial charge in [-0.2, -0.15) is 0 Å². The minimum atomic E-state index is -1.24. The topological polar surface area (TPSA) is 55.8 Å². The molecule has 0 saturated carbocycles. The van der Waals surface area contributed by atoms with Gasteiger partial charge < -0.3 is 14.6 Å². The maximum absolute atomic E-state index is 14.0. The van der Waals surface area contributed by atoms with Crippen LogP contribution >= 0.6 is 0 Å². The molecular weight excluding hydrogens is 299 g/mol. The Morgan fingerprint density at radius 1 is 1.43 bits per heavy atom. The summed E-state index contributed by atoms with van der Waals surface area (Å²) >= 11 is 0. The summed E-state index contributed by atoms with van der Waals surface area (Å²) < 4.78 is 24.5. The Morgan fingerprint density at radius 3 is 2.78 bits per heavy atom. The summed E-state index contributed by atoms with van der Waals surface area (Å²) in [5, 5.41) is 10.9. The molecule has 2 atom stereocenters. The van der Waals surface area contributed by atoms with Gasteiger partial charge in [0.05, 0.1) is 13.7 Å². The normalized spacial score (nSPS) is 24.3. The number of allylic oxidation sites excluding steroid dienone is 1. The third-order valence-electron chi connectivity index (χ3n) is 4.23. The molecule has 0 fully saturated rings. The lowest BCUT2D eigenvalue weighted by Crippen LogP contribution is -2.40. The van der Waals surface area contributed by atoms with Crippen LogP contribution in [-0.2, 0) is 16.0 Å². The van der Waals surface area contributed by atoms with Crippen LogP contribution in [0.15, 0.2) is 30.0 Å². The second-order valence-electron chi connectivity index (χ2n) is 5.94. The molecule has 0 spiro atoms. The first-order valence-electron chi connectivity index (χ1n) is 7.83. The summed E-state index contributed by atoms with van der Waals surface area (Å²) in [5.41, 5.74) is -0.741. The van der Waals surface area contributed by atoms with E-state index in [4.69, 9.17) is 9.47 Å². The fourth-order valence-corrected chi connectivity index (χ4v) is 2.87. The standard InChI is InChI=1S/C18H23FO4/c1-4-23-17-10-16(20)12(2)11-18(17,21)8-7-13-5-6-14(22-3)9-15(13)19/h5-6,9-10,12,21H,4,7-8,11H2,1-3H3/t12-,18+/m1/s1. The average Bonchev–Trinajstić information content (AvgIpc) is 2.51. The van der Waals surface area contributed by atoms with Crippen molar-refractivity contribution in [1.29, 1.82) is 0 Å². The van der Waals surface area contributed by atoms with E-state index in [1.807, 2.05) is 0 Å². The number of hydrogen-bond acceptors (Lipinski definition) is 4. The Hall–Kier alpha value is -1.88. The lowest BCUT2D eigenvalue weighted by Gasteiger charge is -2.35. The molecule has 0 unspecified atom stereocenters. The summed E-state index contributed by atoms with van der Waals surface area (Å²) in [6, 6.07) is 4.67. The van der Waals surface area contributed by atoms with Crippen LogP contribution in [0.3, 0.4) is 0 Å². The molecule has 0 saturated heterocycles. The van der Waals surface area contributed by atoms with Crippen molar-refractivity contribution in [3.05, 3.63) is 41.4 Å². The van der Waals surface area contributed by atoms with Gasteiger partial charge in [0.15, 0.2) is 5.78 Å². The van der Waals surface area contributed by atoms with E-state index in [9.17, 15) is 14.3 Å². The Balaban J connectivity index is 2.16. The summed E-state index contributed by atoms with van der Waals surface area (Å²) in [6.45, 7) is 3.94. The van der Waals surface area contributed by atoms with Crippen LogP contribution in [0.25, 0.3) is 0 Å². The molecule has 1 aromatic carbocycles. The SMILES string of the molecule is CCOC1=CC(=O)[C@H](C)C[C@@]1(O)CCc1ccc(OC)cc1F. The molecule has 0 amide bonds. The highest BCUT2D eigenvalue weighted by atomic mass is 19.1. The molecule has 5 heteroatoms. The van der Waals surface area contributed by atoms with Crippen LogP contribution in [-0.4, -0.2) is 30.2 Å². The summed E-state index contributed by atoms with van der Waals surface area (Å²) in [5.74, 6) is 0.0577. The molecule has 23 heavy (non-hydrogen) atoms. The van der Waals surface area contributed by atoms with Crippen LogP contribution in [0.2, 0.25) is 0 Å². The van der Waals surface area contributed by atoms with Crippen LogP contribution in [0.4, 0.5) is 4.39 Å². The first kappa shape index (κ1) is 17.5. The van der Waals surface area contributed by atoms with Gasteiger partial charge in [-0.25, -0.2) is 4.39 Å². The Bertz CT molecular complexity index is 611. The van der Waals surface area contributed by atoms with E-state index in [0.717, 1.165) is 0 Å². The lowest BCUT2D eigenvalue weighted by atomic mass is 9.78. The van der Waals surface area contributed by atoms with Gasteiger partial charge in [-0.15, -0.1) is 0 Å². The minimum Gasteiger partial charge on any atom is -0.497 e. The molecule has 0 heterocycles. The summed E-state index contributed by atoms with van der Waals surface area (Å²) in [7, 11) is 1.48. The van der Waals surface area contributed by atoms with Crippen molar-refractivity contribution in [3.63, 3.8) is 0 Å². The van der Waals surface area contributed by atoms with Gasteiger partial charge in [0.25, 0.3) is 0 Å². The Morgan fingerprint density at radius 2 is 2.17 bits per heavy atom. The summed E-state index contributed by atoms with van der Waals surface area (Å²) in [6.07, 6.45) is 2.30. The van der Waals surface area contributed by atoms with Crippen LogP contribution in [0.1, 0.15) is 32.3 Å². The number of ketones is 1. The maximum Gasteiger partial charge on any atom is 0.162 e. The van der Waals surface area contributed by atoms with Crippen LogP contribution in [0.5, 0.6) is 5.75 Å². The van der Waals surface area contributed by atoms with E-state index in [1.165, 1.54) is 19.3 Å². The lowest BCUT2D eigenvalue weighted by molar-refractivity contribution is -0.123. The molecule has 1 aliphatic carbocycles. The van der Waals surface area contributed by atoms with Crippen molar-refractivity contribution in [2.24, 2.45) is 5.92 Å². The highest BCUT2D eigenvalue weighted by Gasteiger charge is 2.40. The van der Waals surface area contributed by atoms with Crippen LogP contribution in [0, 0.1) is 11.7 Å². The number of hydrogen-bond donors (Lipinski definition) is 1. The molecule has 0 aromatic heterocycles. The molecule has 0 aliphatic heterocycles. The fraction of sp³-hybridized carbons (Fsp3) is 0.500. The number of aryl methyl sites for hydroxylation is 1. The molecule has 126 valence electrons. The van der Waals surface area contributed by atoms with Crippen molar-refractivity contribution < 1.29 is 23.8 Å². The molecule has 1 aliphatic rings. The van der Waals surface area contributed by atoms with Crippen molar-refractivity contribution in [1.82, 2.24) is 0 Å². The van der Waals surface area contributed by atoms with E-state index in [0.29, 0.717) is 30.8 Å². The maximum atomic E-state index is 14.0. The van der Waals surface area contributed by atoms with Crippen molar-refractivity contribution in [2.75, 3.05) is 13.7 Å². The number of benzene rings is 1. The number of rotatable bonds is 6. The van der Waals surface area contributed by atoms with E-state index in [1.54, 1.807) is 26.0 Å². The minimum absolute atomic E-state index is 0.0475. The van der Waals surface area contributed by atoms with Gasteiger partial charge in [-0.05, 0) is 37.8 Å². The zero-order chi connectivity index (χ0) is 17.0. The summed E-state index contributed by atoms with van der Waals surface area (Å²) in [4.78, 5) is 11.8. The van der Waals surface area contributed by atoms with Gasteiger partial charge >= 0.3 is 0 Å². The van der Waals surface area contributed by atoms with E-state index in [-0.39, 0.29) is 29.7 Å². The fourth-order valence-electron chi connectivity index (χ4n) is 2.87. The largest absolute Gasteiger partial charge is 0.497 e. The number of aliphatic hydroxyl groups is 1. The van der Waals surface area contributed by atoms with Gasteiger partial charge in [0, 0.05) is 18.1 Å². The molecular formula is C18H23FO4. The Labute approximate surface area is 135 Å². The molecule has 0 radical (unpaired) electrons. The number of halogens is 1. The second kappa shape index (κ2) is 7.13. The smallest absolute Gasteiger partial charge is 0.162 e. The van der Waals surface area contributed by atoms with Crippen molar-refractivity contribution >= 4 is 5.78 Å². The van der Waals surface area contributed by atoms with Gasteiger partial charge in [-0.3, -0.25) is 4.79 Å². The second-order valence-corrected chi connectivity index (χ2v) is 5.94. The quantitative estimate of drug-likeness (QED) is 0.875. The zero-order valence-electron chi connectivity index (χ0n) is 13.8. The first-order chi connectivity index (χ1) is 10.9. The van der Waals surface area contributed by atoms with Gasteiger partial charge in [-0.1, -0.05) is 13.0 Å². The van der Waals surface area contributed by atoms with Gasteiger partial charge in [0.2, 0.25) is 0 Å². The molecule has 2 rings (SSSR count). The number of carbonyl (C=O) groups excluding carboxylic acids is 1. The molecule has 4 nitrogen and oxygen atoms in total. The van der Waals surface area contributed by atoms with Crippen molar-refractivity contribution in [2.45, 2.75) is 38.7 Å². The first-order valence-corrected chi connectivity index (χ1v) is 7.83. The number of carbonyl (C=O) groups is 1. The number of ether oxygens (including phenoxy) is 2. The number of methoxy groups -OCH3 is 1. The zero-order valence-corrected chi connectivity index (χ0v) is 13.8. The highest BCUT2D eigenvalue weighted by molar-refractivity contribution is 5.93. The highest BCUT2D eigenvalue weighted by Crippen LogP contribution is 2.36. The molecule has 1 aromatic rings. The average molecular weight is 322 g/mol. The predicted molar refractivity (Wildman–Crippen MR) is 84.7 cm³/mol. The van der Waals surface area contributed by atoms with E-state index < -0.39 is 5.60 Å². The van der Waals surface area contributed by atoms with E-state index in [2.05, 4.69) is 0 Å². The van der Waals surface area contributed by atoms with E-state index >= 15 is 0 Å². The molecule has 1 N–H and O–H groups in total. The third kappa shape index (κ3) is 3.91. The van der Waals surface area contributed by atoms with Gasteiger partial charge in [0.1, 0.15) is 22.9 Å². The third-order valence-corrected chi connectivity index (χ3v) is 4.23.